The fourth-order valence-corrected chi connectivity index (χ4v) is 1.44. The van der Waals surface area contributed by atoms with Crippen molar-refractivity contribution in [1.29, 1.82) is 0 Å². The van der Waals surface area contributed by atoms with Gasteiger partial charge in [0.25, 0.3) is 0 Å². The summed E-state index contributed by atoms with van der Waals surface area (Å²) < 4.78 is 0. The minimum Gasteiger partial charge on any atom is -0.152 e. The summed E-state index contributed by atoms with van der Waals surface area (Å²) in [5, 5.41) is 1.84. The first-order valence-corrected chi connectivity index (χ1v) is 5.72. The lowest BCUT2D eigenvalue weighted by molar-refractivity contribution is 0.592. The SMILES string of the molecule is CCCCCCCCC/C=C/S. The van der Waals surface area contributed by atoms with Gasteiger partial charge in [0.1, 0.15) is 0 Å². The number of allylic oxidation sites excluding steroid dienone is 1. The predicted octanol–water partition coefficient (Wildman–Crippen LogP) is 4.57. The van der Waals surface area contributed by atoms with Gasteiger partial charge in [-0.15, -0.1) is 0 Å². The van der Waals surface area contributed by atoms with E-state index >= 15 is 0 Å². The number of hydrogen-bond donors (Lipinski definition) is 1. The van der Waals surface area contributed by atoms with Crippen molar-refractivity contribution in [2.24, 2.45) is 0 Å². The minimum absolute atomic E-state index is 1.21. The summed E-state index contributed by atoms with van der Waals surface area (Å²) in [5.41, 5.74) is 0. The highest BCUT2D eigenvalue weighted by Gasteiger charge is 1.88. The molecule has 0 aromatic carbocycles. The van der Waals surface area contributed by atoms with Gasteiger partial charge in [-0.25, -0.2) is 0 Å². The molecule has 0 N–H and O–H groups in total. The van der Waals surface area contributed by atoms with Crippen molar-refractivity contribution < 1.29 is 0 Å². The van der Waals surface area contributed by atoms with Crippen LogP contribution in [0.2, 0.25) is 0 Å². The van der Waals surface area contributed by atoms with E-state index in [1.165, 1.54) is 51.4 Å². The molecular weight excluding hydrogens is 164 g/mol. The maximum Gasteiger partial charge on any atom is -0.0343 e. The molecule has 0 aliphatic heterocycles. The van der Waals surface area contributed by atoms with Crippen molar-refractivity contribution in [3.8, 4) is 0 Å². The highest BCUT2D eigenvalue weighted by Crippen LogP contribution is 2.08. The molecule has 1 heteroatoms. The second-order valence-corrected chi connectivity index (χ2v) is 3.59. The molecule has 0 aliphatic rings. The number of hydrogen-bond acceptors (Lipinski definition) is 1. The van der Waals surface area contributed by atoms with E-state index in [4.69, 9.17) is 0 Å². The Hall–Kier alpha value is 0.0900. The van der Waals surface area contributed by atoms with E-state index in [-0.39, 0.29) is 0 Å². The third-order valence-corrected chi connectivity index (χ3v) is 2.29. The molecule has 0 radical (unpaired) electrons. The van der Waals surface area contributed by atoms with Crippen LogP contribution in [-0.4, -0.2) is 0 Å². The molecule has 0 aromatic heterocycles. The summed E-state index contributed by atoms with van der Waals surface area (Å²) in [4.78, 5) is 0. The second-order valence-electron chi connectivity index (χ2n) is 3.29. The Labute approximate surface area is 82.9 Å². The predicted molar refractivity (Wildman–Crippen MR) is 60.7 cm³/mol. The molecule has 0 heterocycles. The Balaban J connectivity index is 2.81. The molecule has 0 aliphatic carbocycles. The van der Waals surface area contributed by atoms with Gasteiger partial charge in [-0.1, -0.05) is 51.5 Å². The van der Waals surface area contributed by atoms with Gasteiger partial charge in [0.2, 0.25) is 0 Å². The normalized spacial score (nSPS) is 11.2. The number of rotatable bonds is 8. The summed E-state index contributed by atoms with van der Waals surface area (Å²) >= 11 is 4.01. The van der Waals surface area contributed by atoms with Gasteiger partial charge in [0, 0.05) is 0 Å². The lowest BCUT2D eigenvalue weighted by atomic mass is 10.1. The molecule has 0 saturated carbocycles. The molecule has 0 rings (SSSR count). The molecule has 0 nitrogen and oxygen atoms in total. The van der Waals surface area contributed by atoms with Crippen molar-refractivity contribution in [3.05, 3.63) is 11.5 Å². The zero-order valence-electron chi connectivity index (χ0n) is 8.26. The molecule has 0 atom stereocenters. The quantitative estimate of drug-likeness (QED) is 0.416. The molecule has 0 bridgehead atoms. The van der Waals surface area contributed by atoms with Crippen LogP contribution in [0.1, 0.15) is 58.3 Å². The smallest absolute Gasteiger partial charge is 0.0343 e. The van der Waals surface area contributed by atoms with E-state index in [2.05, 4.69) is 25.6 Å². The van der Waals surface area contributed by atoms with Crippen molar-refractivity contribution in [2.45, 2.75) is 58.3 Å². The third-order valence-electron chi connectivity index (χ3n) is 2.08. The lowest BCUT2D eigenvalue weighted by Crippen LogP contribution is -1.78. The van der Waals surface area contributed by atoms with Crippen LogP contribution in [0.5, 0.6) is 0 Å². The molecule has 0 fully saturated rings. The van der Waals surface area contributed by atoms with Crippen LogP contribution in [0.3, 0.4) is 0 Å². The lowest BCUT2D eigenvalue weighted by Gasteiger charge is -1.98. The van der Waals surface area contributed by atoms with Gasteiger partial charge >= 0.3 is 0 Å². The van der Waals surface area contributed by atoms with Gasteiger partial charge in [0.15, 0.2) is 0 Å². The van der Waals surface area contributed by atoms with Crippen molar-refractivity contribution in [3.63, 3.8) is 0 Å². The minimum atomic E-state index is 1.21. The van der Waals surface area contributed by atoms with Gasteiger partial charge in [0.05, 0.1) is 0 Å². The topological polar surface area (TPSA) is 0 Å². The highest BCUT2D eigenvalue weighted by atomic mass is 32.1. The Morgan fingerprint density at radius 1 is 0.917 bits per heavy atom. The van der Waals surface area contributed by atoms with Crippen LogP contribution in [0, 0.1) is 0 Å². The van der Waals surface area contributed by atoms with Crippen LogP contribution >= 0.6 is 12.6 Å². The van der Waals surface area contributed by atoms with Gasteiger partial charge in [-0.3, -0.25) is 0 Å². The fourth-order valence-electron chi connectivity index (χ4n) is 1.29. The van der Waals surface area contributed by atoms with Crippen LogP contribution < -0.4 is 0 Å². The zero-order valence-corrected chi connectivity index (χ0v) is 9.15. The maximum atomic E-state index is 4.01. The highest BCUT2D eigenvalue weighted by molar-refractivity contribution is 7.83. The van der Waals surface area contributed by atoms with Gasteiger partial charge in [-0.05, 0) is 18.2 Å². The largest absolute Gasteiger partial charge is 0.152 e. The average molecular weight is 186 g/mol. The Kier molecular flexibility index (Phi) is 11.2. The Bertz CT molecular complexity index is 97.2. The first kappa shape index (κ1) is 12.1. The zero-order chi connectivity index (χ0) is 9.07. The molecule has 72 valence electrons. The fraction of sp³-hybridized carbons (Fsp3) is 0.818. The van der Waals surface area contributed by atoms with Crippen molar-refractivity contribution >= 4 is 12.6 Å². The summed E-state index contributed by atoms with van der Waals surface area (Å²) in [7, 11) is 0. The van der Waals surface area contributed by atoms with Gasteiger partial charge in [-0.2, -0.15) is 12.6 Å². The monoisotopic (exact) mass is 186 g/mol. The van der Waals surface area contributed by atoms with E-state index in [0.717, 1.165) is 0 Å². The summed E-state index contributed by atoms with van der Waals surface area (Å²) in [6.07, 6.45) is 13.1. The summed E-state index contributed by atoms with van der Waals surface area (Å²) in [6, 6.07) is 0. The number of unbranched alkanes of at least 4 members (excludes halogenated alkanes) is 7. The molecule has 0 saturated heterocycles. The standard InChI is InChI=1S/C11H22S/c1-2-3-4-5-6-7-8-9-10-11-12/h10-12H,2-9H2,1H3/b11-10+. The van der Waals surface area contributed by atoms with Crippen LogP contribution in [0.25, 0.3) is 0 Å². The van der Waals surface area contributed by atoms with Crippen LogP contribution in [-0.2, 0) is 0 Å². The van der Waals surface area contributed by atoms with E-state index in [1.54, 1.807) is 0 Å². The molecule has 0 unspecified atom stereocenters. The van der Waals surface area contributed by atoms with E-state index < -0.39 is 0 Å². The van der Waals surface area contributed by atoms with Crippen molar-refractivity contribution in [1.82, 2.24) is 0 Å². The van der Waals surface area contributed by atoms with E-state index in [9.17, 15) is 0 Å². The van der Waals surface area contributed by atoms with Crippen molar-refractivity contribution in [2.75, 3.05) is 0 Å². The Morgan fingerprint density at radius 3 is 2.08 bits per heavy atom. The second kappa shape index (κ2) is 11.1. The van der Waals surface area contributed by atoms with Gasteiger partial charge < -0.3 is 0 Å². The first-order valence-electron chi connectivity index (χ1n) is 5.21. The molecule has 0 aromatic rings. The molecule has 0 spiro atoms. The first-order chi connectivity index (χ1) is 5.91. The van der Waals surface area contributed by atoms with E-state index in [0.29, 0.717) is 0 Å². The summed E-state index contributed by atoms with van der Waals surface area (Å²) in [6.45, 7) is 2.26. The third kappa shape index (κ3) is 10.1. The van der Waals surface area contributed by atoms with Crippen LogP contribution in [0.4, 0.5) is 0 Å². The maximum absolute atomic E-state index is 4.01. The number of thiol groups is 1. The molecule has 0 amide bonds. The molecular formula is C11H22S. The molecule has 12 heavy (non-hydrogen) atoms. The summed E-state index contributed by atoms with van der Waals surface area (Å²) in [5.74, 6) is 0. The van der Waals surface area contributed by atoms with Crippen LogP contribution in [0.15, 0.2) is 11.5 Å². The Morgan fingerprint density at radius 2 is 1.50 bits per heavy atom. The van der Waals surface area contributed by atoms with E-state index in [1.807, 2.05) is 5.41 Å². The average Bonchev–Trinajstić information content (AvgIpc) is 2.10.